The molecule has 1 unspecified atom stereocenters. The summed E-state index contributed by atoms with van der Waals surface area (Å²) in [7, 11) is -3.54. The fourth-order valence-electron chi connectivity index (χ4n) is 4.58. The molecular weight excluding hydrogens is 502 g/mol. The SMILES string of the molecule is Cc1cccc(C)c1N(Cc1ccc(C(=O)Nc2ccccc2C(=O)NCC2CCCO2)cc1)S(C)(=O)=O. The molecule has 1 heterocycles. The summed E-state index contributed by atoms with van der Waals surface area (Å²) in [5.74, 6) is -0.648. The molecule has 1 atom stereocenters. The summed E-state index contributed by atoms with van der Waals surface area (Å²) in [6.45, 7) is 5.04. The molecule has 2 N–H and O–H groups in total. The van der Waals surface area contributed by atoms with Crippen LogP contribution in [0.5, 0.6) is 0 Å². The van der Waals surface area contributed by atoms with E-state index in [1.807, 2.05) is 32.0 Å². The van der Waals surface area contributed by atoms with Gasteiger partial charge in [0, 0.05) is 18.7 Å². The summed E-state index contributed by atoms with van der Waals surface area (Å²) < 4.78 is 32.2. The van der Waals surface area contributed by atoms with Gasteiger partial charge in [0.1, 0.15) is 0 Å². The van der Waals surface area contributed by atoms with Crippen LogP contribution in [0.3, 0.4) is 0 Å². The van der Waals surface area contributed by atoms with E-state index in [4.69, 9.17) is 4.74 Å². The first kappa shape index (κ1) is 27.3. The van der Waals surface area contributed by atoms with E-state index in [1.165, 1.54) is 10.6 Å². The standard InChI is InChI=1S/C29H33N3O5S/c1-20-8-6-9-21(2)27(20)32(38(3,35)36)19-22-13-15-23(16-14-22)28(33)31-26-12-5-4-11-25(26)29(34)30-18-24-10-7-17-37-24/h4-6,8-9,11-16,24H,7,10,17-19H2,1-3H3,(H,30,34)(H,31,33). The van der Waals surface area contributed by atoms with Crippen molar-refractivity contribution in [2.24, 2.45) is 0 Å². The Kier molecular flexibility index (Phi) is 8.48. The van der Waals surface area contributed by atoms with Gasteiger partial charge in [0.15, 0.2) is 0 Å². The molecular formula is C29H33N3O5S. The summed E-state index contributed by atoms with van der Waals surface area (Å²) in [4.78, 5) is 25.8. The van der Waals surface area contributed by atoms with Crippen LogP contribution in [0.15, 0.2) is 66.7 Å². The van der Waals surface area contributed by atoms with Gasteiger partial charge in [-0.3, -0.25) is 13.9 Å². The second-order valence-corrected chi connectivity index (χ2v) is 11.5. The number of ether oxygens (including phenoxy) is 1. The van der Waals surface area contributed by atoms with Gasteiger partial charge in [0.2, 0.25) is 10.0 Å². The van der Waals surface area contributed by atoms with Crippen LogP contribution in [0.2, 0.25) is 0 Å². The lowest BCUT2D eigenvalue weighted by Gasteiger charge is -2.26. The predicted molar refractivity (Wildman–Crippen MR) is 149 cm³/mol. The van der Waals surface area contributed by atoms with Crippen LogP contribution < -0.4 is 14.9 Å². The number of nitrogens with one attached hydrogen (secondary N) is 2. The van der Waals surface area contributed by atoms with Gasteiger partial charge in [0.25, 0.3) is 11.8 Å². The molecule has 0 aliphatic carbocycles. The van der Waals surface area contributed by atoms with Gasteiger partial charge in [-0.15, -0.1) is 0 Å². The molecule has 1 saturated heterocycles. The Morgan fingerprint density at radius 2 is 1.63 bits per heavy atom. The predicted octanol–water partition coefficient (Wildman–Crippen LogP) is 4.43. The molecule has 1 aliphatic heterocycles. The lowest BCUT2D eigenvalue weighted by Crippen LogP contribution is -2.32. The summed E-state index contributed by atoms with van der Waals surface area (Å²) in [5.41, 5.74) is 4.29. The number of anilines is 2. The number of hydrogen-bond donors (Lipinski definition) is 2. The van der Waals surface area contributed by atoms with Crippen molar-refractivity contribution in [1.29, 1.82) is 0 Å². The number of hydrogen-bond acceptors (Lipinski definition) is 5. The summed E-state index contributed by atoms with van der Waals surface area (Å²) in [5, 5.41) is 5.71. The van der Waals surface area contributed by atoms with Crippen LogP contribution in [0.4, 0.5) is 11.4 Å². The monoisotopic (exact) mass is 535 g/mol. The normalized spacial score (nSPS) is 15.2. The Morgan fingerprint density at radius 3 is 2.26 bits per heavy atom. The molecule has 0 radical (unpaired) electrons. The first-order valence-electron chi connectivity index (χ1n) is 12.6. The second-order valence-electron chi connectivity index (χ2n) is 9.55. The number of amides is 2. The fraction of sp³-hybridized carbons (Fsp3) is 0.310. The van der Waals surface area contributed by atoms with E-state index in [9.17, 15) is 18.0 Å². The third-order valence-corrected chi connectivity index (χ3v) is 7.68. The van der Waals surface area contributed by atoms with Gasteiger partial charge >= 0.3 is 0 Å². The summed E-state index contributed by atoms with van der Waals surface area (Å²) >= 11 is 0. The Morgan fingerprint density at radius 1 is 0.947 bits per heavy atom. The molecule has 8 nitrogen and oxygen atoms in total. The maximum Gasteiger partial charge on any atom is 0.255 e. The molecule has 200 valence electrons. The van der Waals surface area contributed by atoms with Crippen LogP contribution in [0.25, 0.3) is 0 Å². The van der Waals surface area contributed by atoms with Crippen molar-refractivity contribution in [1.82, 2.24) is 5.32 Å². The lowest BCUT2D eigenvalue weighted by molar-refractivity contribution is 0.0858. The quantitative estimate of drug-likeness (QED) is 0.422. The summed E-state index contributed by atoms with van der Waals surface area (Å²) in [6.07, 6.45) is 3.12. The largest absolute Gasteiger partial charge is 0.376 e. The van der Waals surface area contributed by atoms with Crippen LogP contribution >= 0.6 is 0 Å². The number of benzene rings is 3. The third-order valence-electron chi connectivity index (χ3n) is 6.57. The van der Waals surface area contributed by atoms with E-state index >= 15 is 0 Å². The van der Waals surface area contributed by atoms with E-state index in [0.717, 1.165) is 29.5 Å². The minimum Gasteiger partial charge on any atom is -0.376 e. The van der Waals surface area contributed by atoms with Crippen LogP contribution in [0.1, 0.15) is 50.2 Å². The molecule has 0 bridgehead atoms. The maximum atomic E-state index is 13.0. The van der Waals surface area contributed by atoms with E-state index in [1.54, 1.807) is 48.5 Å². The summed E-state index contributed by atoms with van der Waals surface area (Å²) in [6, 6.07) is 19.3. The smallest absolute Gasteiger partial charge is 0.255 e. The molecule has 3 aromatic rings. The molecule has 0 aromatic heterocycles. The highest BCUT2D eigenvalue weighted by Gasteiger charge is 2.22. The molecule has 4 rings (SSSR count). The van der Waals surface area contributed by atoms with Crippen LogP contribution in [-0.4, -0.2) is 45.7 Å². The number of para-hydroxylation sites is 2. The molecule has 0 saturated carbocycles. The second kappa shape index (κ2) is 11.8. The zero-order chi connectivity index (χ0) is 27.3. The van der Waals surface area contributed by atoms with Gasteiger partial charge in [-0.1, -0.05) is 42.5 Å². The fourth-order valence-corrected chi connectivity index (χ4v) is 5.58. The van der Waals surface area contributed by atoms with Crippen molar-refractivity contribution >= 4 is 33.2 Å². The highest BCUT2D eigenvalue weighted by Crippen LogP contribution is 2.28. The average molecular weight is 536 g/mol. The first-order chi connectivity index (χ1) is 18.1. The van der Waals surface area contributed by atoms with Crippen molar-refractivity contribution in [3.63, 3.8) is 0 Å². The van der Waals surface area contributed by atoms with Crippen molar-refractivity contribution < 1.29 is 22.7 Å². The van der Waals surface area contributed by atoms with Gasteiger partial charge in [-0.05, 0) is 67.6 Å². The molecule has 0 spiro atoms. The number of sulfonamides is 1. The highest BCUT2D eigenvalue weighted by molar-refractivity contribution is 7.92. The number of rotatable bonds is 9. The molecule has 2 amide bonds. The van der Waals surface area contributed by atoms with Crippen molar-refractivity contribution in [2.45, 2.75) is 39.3 Å². The highest BCUT2D eigenvalue weighted by atomic mass is 32.2. The third kappa shape index (κ3) is 6.59. The lowest BCUT2D eigenvalue weighted by atomic mass is 10.1. The zero-order valence-electron chi connectivity index (χ0n) is 21.9. The Labute approximate surface area is 224 Å². The molecule has 9 heteroatoms. The van der Waals surface area contributed by atoms with Gasteiger partial charge in [-0.2, -0.15) is 0 Å². The number of nitrogens with zero attached hydrogens (tertiary/aromatic N) is 1. The Bertz CT molecular complexity index is 1390. The zero-order valence-corrected chi connectivity index (χ0v) is 22.7. The van der Waals surface area contributed by atoms with Gasteiger partial charge in [0.05, 0.1) is 35.8 Å². The van der Waals surface area contributed by atoms with E-state index in [0.29, 0.717) is 35.7 Å². The van der Waals surface area contributed by atoms with E-state index in [-0.39, 0.29) is 24.5 Å². The van der Waals surface area contributed by atoms with Gasteiger partial charge < -0.3 is 15.4 Å². The topological polar surface area (TPSA) is 105 Å². The molecule has 38 heavy (non-hydrogen) atoms. The minimum absolute atomic E-state index is 0.0209. The number of carbonyl (C=O) groups excluding carboxylic acids is 2. The van der Waals surface area contributed by atoms with E-state index < -0.39 is 10.0 Å². The van der Waals surface area contributed by atoms with Crippen LogP contribution in [-0.2, 0) is 21.3 Å². The molecule has 1 fully saturated rings. The van der Waals surface area contributed by atoms with E-state index in [2.05, 4.69) is 10.6 Å². The van der Waals surface area contributed by atoms with Crippen molar-refractivity contribution in [3.05, 3.63) is 94.5 Å². The van der Waals surface area contributed by atoms with Crippen molar-refractivity contribution in [3.8, 4) is 0 Å². The molecule has 3 aromatic carbocycles. The van der Waals surface area contributed by atoms with Crippen molar-refractivity contribution in [2.75, 3.05) is 29.0 Å². The Balaban J connectivity index is 1.46. The minimum atomic E-state index is -3.54. The first-order valence-corrected chi connectivity index (χ1v) is 14.4. The number of aryl methyl sites for hydroxylation is 2. The van der Waals surface area contributed by atoms with Gasteiger partial charge in [-0.25, -0.2) is 8.42 Å². The maximum absolute atomic E-state index is 13.0. The average Bonchev–Trinajstić information content (AvgIpc) is 3.40. The Hall–Kier alpha value is -3.69. The number of carbonyl (C=O) groups is 2. The molecule has 1 aliphatic rings. The van der Waals surface area contributed by atoms with Crippen LogP contribution in [0, 0.1) is 13.8 Å².